The molecule has 3 N–H and O–H groups in total. The molecule has 2 fully saturated rings. The second-order valence-electron chi connectivity index (χ2n) is 11.5. The van der Waals surface area contributed by atoms with Crippen LogP contribution >= 0.6 is 0 Å². The number of benzene rings is 2. The highest BCUT2D eigenvalue weighted by Gasteiger charge is 2.65. The van der Waals surface area contributed by atoms with E-state index in [0.29, 0.717) is 50.6 Å². The number of nitrogens with one attached hydrogen (secondary N) is 1. The highest BCUT2D eigenvalue weighted by atomic mass is 16.3. The molecule has 202 valence electrons. The molecule has 0 aromatic heterocycles. The minimum absolute atomic E-state index is 0.0958. The number of carbonyl (C=O) groups is 3. The lowest BCUT2D eigenvalue weighted by Crippen LogP contribution is -2.72. The number of hydrogen-bond acceptors (Lipinski definition) is 6. The van der Waals surface area contributed by atoms with Crippen LogP contribution in [0.5, 0.6) is 5.75 Å². The molecule has 0 unspecified atom stereocenters. The van der Waals surface area contributed by atoms with Gasteiger partial charge in [0.2, 0.25) is 0 Å². The van der Waals surface area contributed by atoms with E-state index in [2.05, 4.69) is 10.2 Å². The van der Waals surface area contributed by atoms with Crippen LogP contribution in [0.15, 0.2) is 54.6 Å². The van der Waals surface area contributed by atoms with Gasteiger partial charge in [0.1, 0.15) is 11.5 Å². The topological polar surface area (TPSA) is 107 Å². The standard InChI is InChI=1S/C32H34N2O5/c1-34-16-14-31-19-25(36)11-13-32(31,39)27(34)18-23-9-10-26(29(37)28(23)31)30(38)33-15-12-20-5-7-21(8-6-20)22-3-2-4-24(35)17-22/h2-3,5-10,17,27,37,39H,4,11-16,18-19H2,1H3,(H,33,38)/t27-,31-,32-/m1/s1. The summed E-state index contributed by atoms with van der Waals surface area (Å²) >= 11 is 0. The van der Waals surface area contributed by atoms with Crippen molar-refractivity contribution in [2.24, 2.45) is 0 Å². The third-order valence-corrected chi connectivity index (χ3v) is 9.41. The Kier molecular flexibility index (Phi) is 6.31. The van der Waals surface area contributed by atoms with Crippen LogP contribution in [0.1, 0.15) is 64.7 Å². The van der Waals surface area contributed by atoms with Crippen LogP contribution in [0.2, 0.25) is 0 Å². The Morgan fingerprint density at radius 1 is 1.13 bits per heavy atom. The molecule has 1 aliphatic heterocycles. The number of Topliss-reactive ketones (excluding diaryl/α,β-unsaturated/α-hetero) is 1. The van der Waals surface area contributed by atoms with E-state index in [9.17, 15) is 24.6 Å². The van der Waals surface area contributed by atoms with Gasteiger partial charge in [-0.05, 0) is 73.7 Å². The fourth-order valence-corrected chi connectivity index (χ4v) is 7.35. The molecule has 4 aliphatic rings. The number of allylic oxidation sites excluding steroid dienone is 4. The van der Waals surface area contributed by atoms with Crippen molar-refractivity contribution in [1.29, 1.82) is 0 Å². The predicted molar refractivity (Wildman–Crippen MR) is 148 cm³/mol. The first-order chi connectivity index (χ1) is 18.7. The summed E-state index contributed by atoms with van der Waals surface area (Å²) in [5.41, 5.74) is 2.61. The van der Waals surface area contributed by atoms with E-state index in [1.54, 1.807) is 12.1 Å². The van der Waals surface area contributed by atoms with Crippen LogP contribution in [0.4, 0.5) is 0 Å². The molecule has 2 bridgehead atoms. The van der Waals surface area contributed by atoms with E-state index in [1.165, 1.54) is 0 Å². The molecule has 0 spiro atoms. The first-order valence-corrected chi connectivity index (χ1v) is 13.8. The monoisotopic (exact) mass is 526 g/mol. The quantitative estimate of drug-likeness (QED) is 0.552. The Balaban J connectivity index is 1.20. The number of fused-ring (bicyclic) bond motifs is 1. The van der Waals surface area contributed by atoms with Crippen molar-refractivity contribution in [3.05, 3.63) is 82.4 Å². The zero-order valence-corrected chi connectivity index (χ0v) is 22.2. The van der Waals surface area contributed by atoms with Crippen LogP contribution in [0.25, 0.3) is 5.57 Å². The van der Waals surface area contributed by atoms with Crippen molar-refractivity contribution in [3.63, 3.8) is 0 Å². The smallest absolute Gasteiger partial charge is 0.255 e. The van der Waals surface area contributed by atoms with Crippen molar-refractivity contribution < 1.29 is 24.6 Å². The van der Waals surface area contributed by atoms with Gasteiger partial charge in [0.05, 0.1) is 11.2 Å². The molecule has 0 radical (unpaired) electrons. The number of amides is 1. The van der Waals surface area contributed by atoms with Gasteiger partial charge in [-0.3, -0.25) is 14.4 Å². The molecular weight excluding hydrogens is 492 g/mol. The molecule has 39 heavy (non-hydrogen) atoms. The highest BCUT2D eigenvalue weighted by molar-refractivity contribution is 6.02. The summed E-state index contributed by atoms with van der Waals surface area (Å²) in [4.78, 5) is 39.7. The number of phenols is 1. The number of ketones is 2. The maximum Gasteiger partial charge on any atom is 0.255 e. The van der Waals surface area contributed by atoms with Crippen LogP contribution in [0, 0.1) is 0 Å². The number of likely N-dealkylation sites (tertiary alicyclic amines) is 1. The van der Waals surface area contributed by atoms with Gasteiger partial charge in [-0.1, -0.05) is 42.5 Å². The molecule has 3 aliphatic carbocycles. The highest BCUT2D eigenvalue weighted by Crippen LogP contribution is 2.59. The summed E-state index contributed by atoms with van der Waals surface area (Å²) in [6.45, 7) is 1.11. The second kappa shape index (κ2) is 9.57. The largest absolute Gasteiger partial charge is 0.507 e. The molecule has 1 saturated heterocycles. The van der Waals surface area contributed by atoms with E-state index >= 15 is 0 Å². The number of rotatable bonds is 5. The summed E-state index contributed by atoms with van der Waals surface area (Å²) in [5, 5.41) is 26.4. The third-order valence-electron chi connectivity index (χ3n) is 9.41. The van der Waals surface area contributed by atoms with Gasteiger partial charge in [-0.15, -0.1) is 0 Å². The molecular formula is C32H34N2O5. The van der Waals surface area contributed by atoms with Gasteiger partial charge in [0.25, 0.3) is 5.91 Å². The number of piperidine rings is 1. The number of likely N-dealkylation sites (N-methyl/N-ethyl adjacent to an activating group) is 1. The molecule has 3 atom stereocenters. The lowest BCUT2D eigenvalue weighted by atomic mass is 9.49. The van der Waals surface area contributed by atoms with Gasteiger partial charge in [-0.25, -0.2) is 0 Å². The van der Waals surface area contributed by atoms with Crippen molar-refractivity contribution >= 4 is 23.0 Å². The maximum atomic E-state index is 13.2. The Labute approximate surface area is 228 Å². The molecule has 1 saturated carbocycles. The van der Waals surface area contributed by atoms with Gasteiger partial charge in [-0.2, -0.15) is 0 Å². The molecule has 7 nitrogen and oxygen atoms in total. The number of hydrogen-bond donors (Lipinski definition) is 3. The van der Waals surface area contributed by atoms with Crippen LogP contribution in [-0.2, 0) is 27.8 Å². The second-order valence-corrected chi connectivity index (χ2v) is 11.5. The van der Waals surface area contributed by atoms with E-state index in [1.807, 2.05) is 49.5 Å². The van der Waals surface area contributed by atoms with Crippen molar-refractivity contribution in [1.82, 2.24) is 10.2 Å². The van der Waals surface area contributed by atoms with Gasteiger partial charge in [0, 0.05) is 42.8 Å². The first-order valence-electron chi connectivity index (χ1n) is 13.8. The maximum absolute atomic E-state index is 13.2. The lowest BCUT2D eigenvalue weighted by molar-refractivity contribution is -0.169. The summed E-state index contributed by atoms with van der Waals surface area (Å²) < 4.78 is 0. The fraction of sp³-hybridized carbons (Fsp3) is 0.406. The minimum Gasteiger partial charge on any atom is -0.507 e. The third kappa shape index (κ3) is 4.15. The molecule has 1 amide bonds. The number of phenolic OH excluding ortho intramolecular Hbond substituents is 1. The van der Waals surface area contributed by atoms with E-state index in [4.69, 9.17) is 0 Å². The van der Waals surface area contributed by atoms with E-state index < -0.39 is 11.0 Å². The van der Waals surface area contributed by atoms with Gasteiger partial charge >= 0.3 is 0 Å². The van der Waals surface area contributed by atoms with Crippen molar-refractivity contribution in [2.45, 2.75) is 62.0 Å². The van der Waals surface area contributed by atoms with Gasteiger partial charge in [0.15, 0.2) is 5.78 Å². The van der Waals surface area contributed by atoms with E-state index in [0.717, 1.165) is 28.8 Å². The molecule has 7 heteroatoms. The molecule has 6 rings (SSSR count). The molecule has 2 aromatic rings. The molecule has 1 heterocycles. The summed E-state index contributed by atoms with van der Waals surface area (Å²) in [7, 11) is 2.01. The van der Waals surface area contributed by atoms with Crippen LogP contribution in [-0.4, -0.2) is 64.4 Å². The van der Waals surface area contributed by atoms with Crippen molar-refractivity contribution in [2.75, 3.05) is 20.1 Å². The van der Waals surface area contributed by atoms with E-state index in [-0.39, 0.29) is 41.2 Å². The average Bonchev–Trinajstić information content (AvgIpc) is 2.91. The zero-order chi connectivity index (χ0) is 27.4. The normalized spacial score (nSPS) is 27.9. The Morgan fingerprint density at radius 2 is 1.92 bits per heavy atom. The molecule has 2 aromatic carbocycles. The Hall–Kier alpha value is -3.55. The number of aromatic hydroxyl groups is 1. The Bertz CT molecular complexity index is 1420. The zero-order valence-electron chi connectivity index (χ0n) is 22.2. The average molecular weight is 527 g/mol. The lowest BCUT2D eigenvalue weighted by Gasteiger charge is -2.62. The Morgan fingerprint density at radius 3 is 2.69 bits per heavy atom. The SMILES string of the molecule is CN1CC[C@]23CC(=O)CC[C@@]2(O)[C@H]1Cc1ccc(C(=O)NCCc2ccc(C4=CC(=O)CC=C4)cc2)c(O)c13. The summed E-state index contributed by atoms with van der Waals surface area (Å²) in [6, 6.07) is 11.3. The first kappa shape index (κ1) is 25.7. The van der Waals surface area contributed by atoms with Crippen molar-refractivity contribution in [3.8, 4) is 5.75 Å². The van der Waals surface area contributed by atoms with Gasteiger partial charge < -0.3 is 20.4 Å². The number of aliphatic hydroxyl groups is 1. The predicted octanol–water partition coefficient (Wildman–Crippen LogP) is 3.26. The van der Waals surface area contributed by atoms with Crippen LogP contribution < -0.4 is 5.32 Å². The fourth-order valence-electron chi connectivity index (χ4n) is 7.35. The summed E-state index contributed by atoms with van der Waals surface area (Å²) in [6.07, 6.45) is 8.58. The number of carbonyl (C=O) groups excluding carboxylic acids is 3. The minimum atomic E-state index is -1.11. The summed E-state index contributed by atoms with van der Waals surface area (Å²) in [5.74, 6) is -0.285. The van der Waals surface area contributed by atoms with Crippen LogP contribution in [0.3, 0.4) is 0 Å². The number of nitrogens with zero attached hydrogens (tertiary/aromatic N) is 1.